The van der Waals surface area contributed by atoms with E-state index >= 15 is 0 Å². The first-order valence-electron chi connectivity index (χ1n) is 11.5. The predicted molar refractivity (Wildman–Crippen MR) is 110 cm³/mol. The van der Waals surface area contributed by atoms with Crippen molar-refractivity contribution in [3.05, 3.63) is 0 Å². The lowest BCUT2D eigenvalue weighted by Gasteiger charge is -2.26. The molecular formula is C23H42O4. The van der Waals surface area contributed by atoms with Crippen LogP contribution in [-0.4, -0.2) is 25.2 Å². The molecule has 1 aliphatic carbocycles. The van der Waals surface area contributed by atoms with Gasteiger partial charge < -0.3 is 9.47 Å². The van der Waals surface area contributed by atoms with Gasteiger partial charge in [-0.1, -0.05) is 77.6 Å². The minimum absolute atomic E-state index is 0.115. The van der Waals surface area contributed by atoms with E-state index in [4.69, 9.17) is 9.47 Å². The summed E-state index contributed by atoms with van der Waals surface area (Å²) in [5.74, 6) is -0.518. The third-order valence-electron chi connectivity index (χ3n) is 5.62. The second-order valence-corrected chi connectivity index (χ2v) is 8.02. The van der Waals surface area contributed by atoms with E-state index in [1.54, 1.807) is 0 Å². The van der Waals surface area contributed by atoms with Crippen LogP contribution in [0.3, 0.4) is 0 Å². The lowest BCUT2D eigenvalue weighted by molar-refractivity contribution is -0.154. The van der Waals surface area contributed by atoms with Crippen LogP contribution in [0, 0.1) is 11.8 Å². The van der Waals surface area contributed by atoms with E-state index in [1.807, 2.05) is 6.92 Å². The second-order valence-electron chi connectivity index (χ2n) is 8.02. The maximum Gasteiger partial charge on any atom is 0.308 e. The van der Waals surface area contributed by atoms with E-state index in [2.05, 4.69) is 6.92 Å². The molecule has 0 aliphatic heterocycles. The van der Waals surface area contributed by atoms with Crippen molar-refractivity contribution in [1.29, 1.82) is 0 Å². The number of hydrogen-bond acceptors (Lipinski definition) is 4. The van der Waals surface area contributed by atoms with Crippen molar-refractivity contribution in [2.45, 2.75) is 110 Å². The fraction of sp³-hybridized carbons (Fsp3) is 0.913. The zero-order valence-corrected chi connectivity index (χ0v) is 17.8. The molecular weight excluding hydrogens is 340 g/mol. The minimum atomic E-state index is -0.152. The lowest BCUT2D eigenvalue weighted by atomic mass is 9.81. The van der Waals surface area contributed by atoms with Gasteiger partial charge in [0, 0.05) is 0 Å². The van der Waals surface area contributed by atoms with E-state index in [0.29, 0.717) is 19.6 Å². The Hall–Kier alpha value is -1.06. The summed E-state index contributed by atoms with van der Waals surface area (Å²) < 4.78 is 10.6. The van der Waals surface area contributed by atoms with Crippen molar-refractivity contribution in [1.82, 2.24) is 0 Å². The molecule has 2 unspecified atom stereocenters. The molecule has 0 N–H and O–H groups in total. The van der Waals surface area contributed by atoms with E-state index in [9.17, 15) is 9.59 Å². The maximum absolute atomic E-state index is 12.2. The number of carbonyl (C=O) groups excluding carboxylic acids is 2. The first kappa shape index (κ1) is 24.0. The van der Waals surface area contributed by atoms with Crippen molar-refractivity contribution in [2.75, 3.05) is 13.2 Å². The molecule has 0 heterocycles. The average Bonchev–Trinajstić information content (AvgIpc) is 2.69. The standard InChI is InChI=1S/C23H42O4/c1-3-5-6-7-8-9-10-11-12-13-14-18-27-23(25)21-17-15-16-20(19-21)22(24)26-4-2/h20-21H,3-19H2,1-2H3. The molecule has 1 aliphatic rings. The largest absolute Gasteiger partial charge is 0.466 e. The van der Waals surface area contributed by atoms with E-state index in [0.717, 1.165) is 32.1 Å². The molecule has 0 radical (unpaired) electrons. The molecule has 4 heteroatoms. The van der Waals surface area contributed by atoms with Crippen LogP contribution < -0.4 is 0 Å². The molecule has 4 nitrogen and oxygen atoms in total. The average molecular weight is 383 g/mol. The molecule has 2 atom stereocenters. The summed E-state index contributed by atoms with van der Waals surface area (Å²) in [6, 6.07) is 0. The van der Waals surface area contributed by atoms with Crippen LogP contribution >= 0.6 is 0 Å². The van der Waals surface area contributed by atoms with Gasteiger partial charge in [-0.25, -0.2) is 0 Å². The van der Waals surface area contributed by atoms with E-state index < -0.39 is 0 Å². The van der Waals surface area contributed by atoms with E-state index in [-0.39, 0.29) is 23.8 Å². The third kappa shape index (κ3) is 11.4. The van der Waals surface area contributed by atoms with E-state index in [1.165, 1.54) is 57.8 Å². The summed E-state index contributed by atoms with van der Waals surface area (Å²) >= 11 is 0. The van der Waals surface area contributed by atoms with Gasteiger partial charge in [-0.3, -0.25) is 9.59 Å². The molecule has 0 aromatic rings. The molecule has 1 rings (SSSR count). The van der Waals surface area contributed by atoms with Crippen LogP contribution in [0.25, 0.3) is 0 Å². The first-order chi connectivity index (χ1) is 13.2. The summed E-state index contributed by atoms with van der Waals surface area (Å²) in [5, 5.41) is 0. The highest BCUT2D eigenvalue weighted by atomic mass is 16.5. The Morgan fingerprint density at radius 1 is 0.704 bits per heavy atom. The van der Waals surface area contributed by atoms with Gasteiger partial charge in [-0.2, -0.15) is 0 Å². The number of esters is 2. The monoisotopic (exact) mass is 382 g/mol. The molecule has 0 spiro atoms. The Bertz CT molecular complexity index is 394. The summed E-state index contributed by atoms with van der Waals surface area (Å²) in [6.07, 6.45) is 17.4. The van der Waals surface area contributed by atoms with Crippen LogP contribution in [0.15, 0.2) is 0 Å². The normalized spacial score (nSPS) is 19.6. The van der Waals surface area contributed by atoms with Crippen LogP contribution in [0.5, 0.6) is 0 Å². The predicted octanol–water partition coefficient (Wildman–Crippen LogP) is 6.21. The molecule has 1 saturated carbocycles. The Morgan fingerprint density at radius 2 is 1.19 bits per heavy atom. The van der Waals surface area contributed by atoms with Gasteiger partial charge in [-0.05, 0) is 32.6 Å². The molecule has 0 amide bonds. The molecule has 0 aromatic carbocycles. The fourth-order valence-electron chi connectivity index (χ4n) is 3.93. The molecule has 1 fully saturated rings. The summed E-state index contributed by atoms with van der Waals surface area (Å²) in [5.41, 5.74) is 0. The Labute approximate surface area is 166 Å². The fourth-order valence-corrected chi connectivity index (χ4v) is 3.93. The van der Waals surface area contributed by atoms with Crippen LogP contribution in [-0.2, 0) is 19.1 Å². The van der Waals surface area contributed by atoms with Gasteiger partial charge in [0.05, 0.1) is 25.0 Å². The third-order valence-corrected chi connectivity index (χ3v) is 5.62. The number of rotatable bonds is 15. The van der Waals surface area contributed by atoms with Crippen molar-refractivity contribution >= 4 is 11.9 Å². The van der Waals surface area contributed by atoms with Gasteiger partial charge in [0.1, 0.15) is 0 Å². The van der Waals surface area contributed by atoms with Gasteiger partial charge in [0.15, 0.2) is 0 Å². The second kappa shape index (κ2) is 15.9. The van der Waals surface area contributed by atoms with Crippen molar-refractivity contribution in [2.24, 2.45) is 11.8 Å². The van der Waals surface area contributed by atoms with Crippen LogP contribution in [0.1, 0.15) is 110 Å². The number of hydrogen-bond donors (Lipinski definition) is 0. The highest BCUT2D eigenvalue weighted by molar-refractivity contribution is 5.76. The van der Waals surface area contributed by atoms with Crippen molar-refractivity contribution in [3.8, 4) is 0 Å². The molecule has 0 saturated heterocycles. The van der Waals surface area contributed by atoms with Gasteiger partial charge in [0.2, 0.25) is 0 Å². The smallest absolute Gasteiger partial charge is 0.308 e. The zero-order valence-electron chi connectivity index (χ0n) is 17.8. The zero-order chi connectivity index (χ0) is 19.7. The maximum atomic E-state index is 12.2. The molecule has 0 aromatic heterocycles. The van der Waals surface area contributed by atoms with Gasteiger partial charge >= 0.3 is 11.9 Å². The summed E-state index contributed by atoms with van der Waals surface area (Å²) in [4.78, 5) is 24.1. The topological polar surface area (TPSA) is 52.6 Å². The number of carbonyl (C=O) groups is 2. The minimum Gasteiger partial charge on any atom is -0.466 e. The summed E-state index contributed by atoms with van der Waals surface area (Å²) in [7, 11) is 0. The number of unbranched alkanes of at least 4 members (excludes halogenated alkanes) is 10. The number of ether oxygens (including phenoxy) is 2. The Morgan fingerprint density at radius 3 is 1.70 bits per heavy atom. The summed E-state index contributed by atoms with van der Waals surface area (Å²) in [6.45, 7) is 5.01. The van der Waals surface area contributed by atoms with Crippen LogP contribution in [0.2, 0.25) is 0 Å². The Balaban J connectivity index is 1.98. The molecule has 0 bridgehead atoms. The first-order valence-corrected chi connectivity index (χ1v) is 11.5. The Kier molecular flexibility index (Phi) is 14.2. The van der Waals surface area contributed by atoms with Crippen LogP contribution in [0.4, 0.5) is 0 Å². The van der Waals surface area contributed by atoms with Crippen molar-refractivity contribution < 1.29 is 19.1 Å². The van der Waals surface area contributed by atoms with Gasteiger partial charge in [-0.15, -0.1) is 0 Å². The molecule has 27 heavy (non-hydrogen) atoms. The van der Waals surface area contributed by atoms with Crippen molar-refractivity contribution in [3.63, 3.8) is 0 Å². The highest BCUT2D eigenvalue weighted by Gasteiger charge is 2.32. The quantitative estimate of drug-likeness (QED) is 0.249. The SMILES string of the molecule is CCCCCCCCCCCCCOC(=O)C1CCCC(C(=O)OCC)C1. The highest BCUT2D eigenvalue weighted by Crippen LogP contribution is 2.30. The van der Waals surface area contributed by atoms with Gasteiger partial charge in [0.25, 0.3) is 0 Å². The lowest BCUT2D eigenvalue weighted by Crippen LogP contribution is -2.29. The molecule has 158 valence electrons.